The van der Waals surface area contributed by atoms with E-state index >= 15 is 0 Å². The van der Waals surface area contributed by atoms with Crippen LogP contribution < -0.4 is 0 Å². The van der Waals surface area contributed by atoms with E-state index in [9.17, 15) is 13.2 Å². The molecule has 5 nitrogen and oxygen atoms in total. The molecule has 0 aliphatic rings. The Labute approximate surface area is 97.2 Å². The Kier molecular flexibility index (Phi) is 6.59. The monoisotopic (exact) mass is 252 g/mol. The Morgan fingerprint density at radius 3 is 2.00 bits per heavy atom. The summed E-state index contributed by atoms with van der Waals surface area (Å²) in [4.78, 5) is 11.1. The molecule has 0 amide bonds. The van der Waals surface area contributed by atoms with Crippen LogP contribution in [0.15, 0.2) is 0 Å². The number of hydrogen-bond acceptors (Lipinski definition) is 5. The number of carbonyl (C=O) groups is 1. The van der Waals surface area contributed by atoms with Crippen molar-refractivity contribution >= 4 is 16.1 Å². The summed E-state index contributed by atoms with van der Waals surface area (Å²) in [5, 5.41) is 0. The van der Waals surface area contributed by atoms with Gasteiger partial charge in [-0.2, -0.15) is 8.42 Å². The highest BCUT2D eigenvalue weighted by atomic mass is 32.2. The number of hydrogen-bond donors (Lipinski definition) is 0. The van der Waals surface area contributed by atoms with Crippen LogP contribution in [0.1, 0.15) is 27.7 Å². The summed E-state index contributed by atoms with van der Waals surface area (Å²) in [5.74, 6) is -1.20. The van der Waals surface area contributed by atoms with Crippen LogP contribution in [0.2, 0.25) is 0 Å². The van der Waals surface area contributed by atoms with Crippen molar-refractivity contribution < 1.29 is 22.1 Å². The van der Waals surface area contributed by atoms with E-state index in [-0.39, 0.29) is 25.0 Å². The molecule has 0 N–H and O–H groups in total. The summed E-state index contributed by atoms with van der Waals surface area (Å²) >= 11 is 0. The molecule has 0 aliphatic carbocycles. The molecule has 0 saturated carbocycles. The van der Waals surface area contributed by atoms with Crippen LogP contribution in [0.4, 0.5) is 0 Å². The molecule has 0 atom stereocenters. The van der Waals surface area contributed by atoms with Crippen LogP contribution in [0, 0.1) is 11.8 Å². The molecule has 0 aromatic rings. The quantitative estimate of drug-likeness (QED) is 0.503. The zero-order valence-electron chi connectivity index (χ0n) is 10.2. The first-order valence-electron chi connectivity index (χ1n) is 5.25. The van der Waals surface area contributed by atoms with Gasteiger partial charge in [-0.15, -0.1) is 0 Å². The zero-order valence-corrected chi connectivity index (χ0v) is 11.0. The van der Waals surface area contributed by atoms with Gasteiger partial charge in [-0.3, -0.25) is 8.98 Å². The molecule has 0 aromatic carbocycles. The summed E-state index contributed by atoms with van der Waals surface area (Å²) < 4.78 is 31.9. The Morgan fingerprint density at radius 1 is 1.06 bits per heavy atom. The van der Waals surface area contributed by atoms with Crippen molar-refractivity contribution in [2.24, 2.45) is 11.8 Å². The molecule has 0 radical (unpaired) electrons. The van der Waals surface area contributed by atoms with Crippen LogP contribution >= 0.6 is 0 Å². The lowest BCUT2D eigenvalue weighted by Gasteiger charge is -2.09. The molecule has 0 spiro atoms. The average molecular weight is 252 g/mol. The largest absolute Gasteiger partial charge is 0.465 e. The maximum Gasteiger partial charge on any atom is 0.323 e. The van der Waals surface area contributed by atoms with Crippen LogP contribution in [-0.2, 0) is 23.8 Å². The van der Waals surface area contributed by atoms with Gasteiger partial charge in [0.05, 0.1) is 13.2 Å². The molecule has 0 heterocycles. The summed E-state index contributed by atoms with van der Waals surface area (Å²) in [6, 6.07) is 0. The van der Waals surface area contributed by atoms with Crippen molar-refractivity contribution in [1.82, 2.24) is 0 Å². The van der Waals surface area contributed by atoms with Crippen molar-refractivity contribution in [3.8, 4) is 0 Å². The van der Waals surface area contributed by atoms with Crippen molar-refractivity contribution in [3.63, 3.8) is 0 Å². The van der Waals surface area contributed by atoms with Gasteiger partial charge in [-0.05, 0) is 11.8 Å². The molecule has 16 heavy (non-hydrogen) atoms. The van der Waals surface area contributed by atoms with E-state index in [4.69, 9.17) is 4.74 Å². The molecule has 0 saturated heterocycles. The Hall–Kier alpha value is -0.620. The minimum Gasteiger partial charge on any atom is -0.465 e. The van der Waals surface area contributed by atoms with Crippen molar-refractivity contribution in [2.75, 3.05) is 19.0 Å². The van der Waals surface area contributed by atoms with E-state index in [1.54, 1.807) is 0 Å². The van der Waals surface area contributed by atoms with Crippen LogP contribution in [0.3, 0.4) is 0 Å². The van der Waals surface area contributed by atoms with Crippen LogP contribution in [-0.4, -0.2) is 33.4 Å². The first kappa shape index (κ1) is 15.4. The summed E-state index contributed by atoms with van der Waals surface area (Å²) in [6.45, 7) is 7.70. The van der Waals surface area contributed by atoms with Gasteiger partial charge in [-0.25, -0.2) is 0 Å². The van der Waals surface area contributed by atoms with Crippen molar-refractivity contribution in [1.29, 1.82) is 0 Å². The average Bonchev–Trinajstić information content (AvgIpc) is 2.11. The lowest BCUT2D eigenvalue weighted by Crippen LogP contribution is -2.23. The van der Waals surface area contributed by atoms with Gasteiger partial charge in [0.15, 0.2) is 5.75 Å². The number of carbonyl (C=O) groups excluding carboxylic acids is 1. The van der Waals surface area contributed by atoms with Gasteiger partial charge in [0.1, 0.15) is 0 Å². The topological polar surface area (TPSA) is 69.7 Å². The van der Waals surface area contributed by atoms with Gasteiger partial charge >= 0.3 is 5.97 Å². The van der Waals surface area contributed by atoms with Gasteiger partial charge in [0, 0.05) is 0 Å². The molecule has 0 aliphatic heterocycles. The van der Waals surface area contributed by atoms with Gasteiger partial charge in [-0.1, -0.05) is 27.7 Å². The predicted molar refractivity (Wildman–Crippen MR) is 60.4 cm³/mol. The highest BCUT2D eigenvalue weighted by Gasteiger charge is 2.19. The third-order valence-electron chi connectivity index (χ3n) is 1.45. The van der Waals surface area contributed by atoms with E-state index in [1.807, 2.05) is 27.7 Å². The number of ether oxygens (including phenoxy) is 1. The first-order chi connectivity index (χ1) is 7.23. The number of rotatable bonds is 7. The fraction of sp³-hybridized carbons (Fsp3) is 0.900. The van der Waals surface area contributed by atoms with E-state index in [1.165, 1.54) is 0 Å². The molecule has 0 fully saturated rings. The SMILES string of the molecule is CC(C)COC(=O)CS(=O)(=O)OCC(C)C. The smallest absolute Gasteiger partial charge is 0.323 e. The highest BCUT2D eigenvalue weighted by molar-refractivity contribution is 7.87. The standard InChI is InChI=1S/C10H20O5S/c1-8(2)5-14-10(11)7-16(12,13)15-6-9(3)4/h8-9H,5-7H2,1-4H3. The Balaban J connectivity index is 4.01. The van der Waals surface area contributed by atoms with Gasteiger partial charge in [0.2, 0.25) is 0 Å². The minimum absolute atomic E-state index is 0.0831. The summed E-state index contributed by atoms with van der Waals surface area (Å²) in [5.41, 5.74) is 0. The highest BCUT2D eigenvalue weighted by Crippen LogP contribution is 2.01. The number of esters is 1. The third kappa shape index (κ3) is 8.67. The fourth-order valence-corrected chi connectivity index (χ4v) is 1.66. The van der Waals surface area contributed by atoms with E-state index in [0.29, 0.717) is 0 Å². The second kappa shape index (κ2) is 6.85. The van der Waals surface area contributed by atoms with E-state index in [2.05, 4.69) is 4.18 Å². The minimum atomic E-state index is -3.80. The van der Waals surface area contributed by atoms with Crippen molar-refractivity contribution in [2.45, 2.75) is 27.7 Å². The summed E-state index contributed by atoms with van der Waals surface area (Å²) in [7, 11) is -3.80. The summed E-state index contributed by atoms with van der Waals surface area (Å²) in [6.07, 6.45) is 0. The second-order valence-corrected chi connectivity index (χ2v) is 6.10. The van der Waals surface area contributed by atoms with E-state index < -0.39 is 21.8 Å². The molecule has 0 aromatic heterocycles. The molecule has 0 unspecified atom stereocenters. The lowest BCUT2D eigenvalue weighted by atomic mass is 10.2. The molecule has 96 valence electrons. The molecule has 0 rings (SSSR count). The molecular weight excluding hydrogens is 232 g/mol. The van der Waals surface area contributed by atoms with Crippen LogP contribution in [0.5, 0.6) is 0 Å². The second-order valence-electron chi connectivity index (χ2n) is 4.46. The Morgan fingerprint density at radius 2 is 1.56 bits per heavy atom. The maximum atomic E-state index is 11.3. The predicted octanol–water partition coefficient (Wildman–Crippen LogP) is 1.19. The zero-order chi connectivity index (χ0) is 12.8. The third-order valence-corrected chi connectivity index (χ3v) is 2.54. The van der Waals surface area contributed by atoms with Gasteiger partial charge < -0.3 is 4.74 Å². The van der Waals surface area contributed by atoms with Gasteiger partial charge in [0.25, 0.3) is 10.1 Å². The lowest BCUT2D eigenvalue weighted by molar-refractivity contribution is -0.141. The fourth-order valence-electron chi connectivity index (χ4n) is 0.727. The molecule has 0 bridgehead atoms. The maximum absolute atomic E-state index is 11.3. The normalized spacial score (nSPS) is 12.1. The molecular formula is C10H20O5S. The van der Waals surface area contributed by atoms with E-state index in [0.717, 1.165) is 0 Å². The first-order valence-corrected chi connectivity index (χ1v) is 6.83. The van der Waals surface area contributed by atoms with Crippen LogP contribution in [0.25, 0.3) is 0 Å². The van der Waals surface area contributed by atoms with Crippen molar-refractivity contribution in [3.05, 3.63) is 0 Å². The molecule has 6 heteroatoms. The Bertz CT molecular complexity index is 305.